The van der Waals surface area contributed by atoms with Gasteiger partial charge in [-0.05, 0) is 43.0 Å². The lowest BCUT2D eigenvalue weighted by Crippen LogP contribution is -2.30. The van der Waals surface area contributed by atoms with Crippen molar-refractivity contribution in [3.63, 3.8) is 0 Å². The van der Waals surface area contributed by atoms with E-state index in [1.807, 2.05) is 0 Å². The molecule has 0 amide bonds. The summed E-state index contributed by atoms with van der Waals surface area (Å²) >= 11 is 0. The third kappa shape index (κ3) is 2.68. The molecule has 98 valence electrons. The maximum absolute atomic E-state index is 12.6. The summed E-state index contributed by atoms with van der Waals surface area (Å²) in [6.45, 7) is 5.43. The summed E-state index contributed by atoms with van der Waals surface area (Å²) in [7, 11) is 0. The first kappa shape index (κ1) is 13.0. The van der Waals surface area contributed by atoms with Crippen molar-refractivity contribution in [1.82, 2.24) is 0 Å². The highest BCUT2D eigenvalue weighted by Crippen LogP contribution is 2.34. The first-order valence-corrected chi connectivity index (χ1v) is 6.11. The Morgan fingerprint density at radius 1 is 1.11 bits per heavy atom. The van der Waals surface area contributed by atoms with Crippen LogP contribution in [-0.4, -0.2) is 13.1 Å². The van der Waals surface area contributed by atoms with Crippen molar-refractivity contribution in [3.8, 4) is 0 Å². The molecule has 0 bridgehead atoms. The molecule has 0 N–H and O–H groups in total. The van der Waals surface area contributed by atoms with Gasteiger partial charge in [0.15, 0.2) is 0 Å². The summed E-state index contributed by atoms with van der Waals surface area (Å²) in [6.07, 6.45) is 0.590. The Balaban J connectivity index is 2.33. The number of rotatable bonds is 2. The Morgan fingerprint density at radius 3 is 2.33 bits per heavy atom. The van der Waals surface area contributed by atoms with Crippen LogP contribution in [0.3, 0.4) is 0 Å². The molecule has 0 aliphatic carbocycles. The molecule has 0 aromatic heterocycles. The van der Waals surface area contributed by atoms with Gasteiger partial charge in [0.2, 0.25) is 0 Å². The van der Waals surface area contributed by atoms with Gasteiger partial charge in [0.25, 0.3) is 0 Å². The van der Waals surface area contributed by atoms with Crippen LogP contribution in [0.1, 0.15) is 30.4 Å². The van der Waals surface area contributed by atoms with Crippen LogP contribution in [0.5, 0.6) is 0 Å². The molecule has 1 fully saturated rings. The van der Waals surface area contributed by atoms with Crippen molar-refractivity contribution in [1.29, 1.82) is 0 Å². The molecule has 1 heterocycles. The third-order valence-electron chi connectivity index (χ3n) is 3.27. The Hall–Kier alpha value is -1.45. The van der Waals surface area contributed by atoms with E-state index in [0.717, 1.165) is 37.7 Å². The van der Waals surface area contributed by atoms with Gasteiger partial charge in [-0.15, -0.1) is 0 Å². The van der Waals surface area contributed by atoms with E-state index in [2.05, 4.69) is 11.5 Å². The van der Waals surface area contributed by atoms with Crippen LogP contribution in [0.2, 0.25) is 0 Å². The van der Waals surface area contributed by atoms with Gasteiger partial charge in [0, 0.05) is 18.8 Å². The third-order valence-corrected chi connectivity index (χ3v) is 3.27. The zero-order chi connectivity index (χ0) is 13.2. The van der Waals surface area contributed by atoms with E-state index in [-0.39, 0.29) is 0 Å². The number of benzene rings is 1. The van der Waals surface area contributed by atoms with Gasteiger partial charge in [-0.2, -0.15) is 13.2 Å². The molecule has 0 unspecified atom stereocenters. The minimum absolute atomic E-state index is 0.562. The number of piperidine rings is 1. The van der Waals surface area contributed by atoms with Gasteiger partial charge >= 0.3 is 6.18 Å². The molecule has 1 aromatic rings. The SMILES string of the molecule is C=Cc1cc(C(F)(F)F)ccc1N1CCCCC1. The zero-order valence-corrected chi connectivity index (χ0v) is 10.1. The summed E-state index contributed by atoms with van der Waals surface area (Å²) in [5.74, 6) is 0. The fraction of sp³-hybridized carbons (Fsp3) is 0.429. The maximum atomic E-state index is 12.6. The lowest BCUT2D eigenvalue weighted by molar-refractivity contribution is -0.137. The van der Waals surface area contributed by atoms with Crippen molar-refractivity contribution in [2.75, 3.05) is 18.0 Å². The van der Waals surface area contributed by atoms with Crippen LogP contribution < -0.4 is 4.90 Å². The van der Waals surface area contributed by atoms with E-state index in [4.69, 9.17) is 0 Å². The van der Waals surface area contributed by atoms with Crippen LogP contribution in [-0.2, 0) is 6.18 Å². The van der Waals surface area contributed by atoms with E-state index < -0.39 is 11.7 Å². The van der Waals surface area contributed by atoms with Crippen LogP contribution in [0.4, 0.5) is 18.9 Å². The summed E-state index contributed by atoms with van der Waals surface area (Å²) in [5, 5.41) is 0. The van der Waals surface area contributed by atoms with Crippen LogP contribution >= 0.6 is 0 Å². The molecule has 0 spiro atoms. The average Bonchev–Trinajstić information content (AvgIpc) is 2.38. The van der Waals surface area contributed by atoms with Crippen molar-refractivity contribution >= 4 is 11.8 Å². The van der Waals surface area contributed by atoms with Crippen LogP contribution in [0.25, 0.3) is 6.08 Å². The molecule has 0 saturated carbocycles. The Bertz CT molecular complexity index is 431. The molecule has 2 rings (SSSR count). The average molecular weight is 255 g/mol. The van der Waals surface area contributed by atoms with E-state index in [1.165, 1.54) is 18.6 Å². The van der Waals surface area contributed by atoms with Crippen molar-refractivity contribution < 1.29 is 13.2 Å². The normalized spacial score (nSPS) is 16.7. The van der Waals surface area contributed by atoms with E-state index in [1.54, 1.807) is 6.07 Å². The lowest BCUT2D eigenvalue weighted by atomic mass is 10.0. The molecule has 1 nitrogen and oxygen atoms in total. The minimum Gasteiger partial charge on any atom is -0.371 e. The van der Waals surface area contributed by atoms with Crippen molar-refractivity contribution in [2.24, 2.45) is 0 Å². The highest BCUT2D eigenvalue weighted by atomic mass is 19.4. The number of hydrogen-bond donors (Lipinski definition) is 0. The predicted octanol–water partition coefficient (Wildman–Crippen LogP) is 4.34. The number of nitrogens with zero attached hydrogens (tertiary/aromatic N) is 1. The molecule has 4 heteroatoms. The van der Waals surface area contributed by atoms with Gasteiger partial charge in [0.1, 0.15) is 0 Å². The quantitative estimate of drug-likeness (QED) is 0.760. The number of alkyl halides is 3. The maximum Gasteiger partial charge on any atom is 0.416 e. The highest BCUT2D eigenvalue weighted by molar-refractivity contribution is 5.68. The Labute approximate surface area is 105 Å². The predicted molar refractivity (Wildman–Crippen MR) is 67.6 cm³/mol. The standard InChI is InChI=1S/C14H16F3N/c1-2-11-10-12(14(15,16)17)6-7-13(11)18-8-4-3-5-9-18/h2,6-7,10H,1,3-5,8-9H2. The summed E-state index contributed by atoms with van der Waals surface area (Å²) in [5.41, 5.74) is 0.808. The summed E-state index contributed by atoms with van der Waals surface area (Å²) < 4.78 is 37.9. The largest absolute Gasteiger partial charge is 0.416 e. The first-order chi connectivity index (χ1) is 8.52. The lowest BCUT2D eigenvalue weighted by Gasteiger charge is -2.30. The van der Waals surface area contributed by atoms with Gasteiger partial charge < -0.3 is 4.90 Å². The number of anilines is 1. The molecule has 0 atom stereocenters. The molecule has 1 aromatic carbocycles. The van der Waals surface area contributed by atoms with Gasteiger partial charge in [-0.25, -0.2) is 0 Å². The second-order valence-electron chi connectivity index (χ2n) is 4.52. The molecular weight excluding hydrogens is 239 g/mol. The van der Waals surface area contributed by atoms with E-state index in [0.29, 0.717) is 5.56 Å². The van der Waals surface area contributed by atoms with E-state index in [9.17, 15) is 13.2 Å². The Kier molecular flexibility index (Phi) is 3.64. The smallest absolute Gasteiger partial charge is 0.371 e. The molecule has 1 aliphatic heterocycles. The first-order valence-electron chi connectivity index (χ1n) is 6.11. The fourth-order valence-corrected chi connectivity index (χ4v) is 2.32. The van der Waals surface area contributed by atoms with E-state index >= 15 is 0 Å². The molecule has 1 aliphatic rings. The number of hydrogen-bond acceptors (Lipinski definition) is 1. The Morgan fingerprint density at radius 2 is 1.78 bits per heavy atom. The molecular formula is C14H16F3N. The summed E-state index contributed by atoms with van der Waals surface area (Å²) in [4.78, 5) is 2.14. The highest BCUT2D eigenvalue weighted by Gasteiger charge is 2.31. The van der Waals surface area contributed by atoms with Crippen molar-refractivity contribution in [3.05, 3.63) is 35.9 Å². The topological polar surface area (TPSA) is 3.24 Å². The minimum atomic E-state index is -4.29. The second kappa shape index (κ2) is 5.04. The fourth-order valence-electron chi connectivity index (χ4n) is 2.32. The van der Waals surface area contributed by atoms with Gasteiger partial charge in [0.05, 0.1) is 5.56 Å². The monoisotopic (exact) mass is 255 g/mol. The van der Waals surface area contributed by atoms with Crippen LogP contribution in [0.15, 0.2) is 24.8 Å². The number of halogens is 3. The molecule has 18 heavy (non-hydrogen) atoms. The van der Waals surface area contributed by atoms with Crippen molar-refractivity contribution in [2.45, 2.75) is 25.4 Å². The second-order valence-corrected chi connectivity index (χ2v) is 4.52. The van der Waals surface area contributed by atoms with Gasteiger partial charge in [-0.1, -0.05) is 12.7 Å². The van der Waals surface area contributed by atoms with Crippen LogP contribution in [0, 0.1) is 0 Å². The molecule has 0 radical (unpaired) electrons. The summed E-state index contributed by atoms with van der Waals surface area (Å²) in [6, 6.07) is 3.89. The zero-order valence-electron chi connectivity index (χ0n) is 10.1. The van der Waals surface area contributed by atoms with Gasteiger partial charge in [-0.3, -0.25) is 0 Å². The molecule has 1 saturated heterocycles.